The van der Waals surface area contributed by atoms with Crippen LogP contribution in [0, 0.1) is 53.3 Å². The van der Waals surface area contributed by atoms with Gasteiger partial charge in [0.25, 0.3) is 0 Å². The van der Waals surface area contributed by atoms with Gasteiger partial charge in [0.2, 0.25) is 29.5 Å². The van der Waals surface area contributed by atoms with Crippen molar-refractivity contribution in [2.45, 2.75) is 207 Å². The van der Waals surface area contributed by atoms with E-state index >= 15 is 0 Å². The zero-order valence-corrected chi connectivity index (χ0v) is 59.7. The van der Waals surface area contributed by atoms with E-state index in [4.69, 9.17) is 15.2 Å². The number of benzene rings is 2. The minimum absolute atomic E-state index is 0.00263. The molecule has 0 bridgehead atoms. The van der Waals surface area contributed by atoms with E-state index in [0.29, 0.717) is 37.1 Å². The number of rotatable bonds is 41. The van der Waals surface area contributed by atoms with Crippen LogP contribution in [0.5, 0.6) is 0 Å². The number of likely N-dealkylation sites (tertiary alicyclic amines) is 2. The first-order valence-electron chi connectivity index (χ1n) is 34.6. The molecule has 7 N–H and O–H groups in total. The summed E-state index contributed by atoms with van der Waals surface area (Å²) in [6, 6.07) is 10.9. The molecule has 22 nitrogen and oxygen atoms in total. The Labute approximate surface area is 572 Å². The third kappa shape index (κ3) is 25.1. The molecule has 0 radical (unpaired) electrons. The maximum Gasteiger partial charge on any atom is 0.404 e. The van der Waals surface area contributed by atoms with Gasteiger partial charge >= 0.3 is 18.2 Å². The number of ether oxygens (including phenoxy) is 2. The molecule has 2 heterocycles. The van der Waals surface area contributed by atoms with E-state index in [1.54, 1.807) is 69.0 Å². The van der Waals surface area contributed by atoms with E-state index in [0.717, 1.165) is 10.5 Å². The monoisotopic (exact) mass is 1370 g/mol. The van der Waals surface area contributed by atoms with Gasteiger partial charge in [-0.15, -0.1) is 0 Å². The van der Waals surface area contributed by atoms with Crippen LogP contribution in [0.15, 0.2) is 54.6 Å². The number of alkyl halides is 3. The topological polar surface area (TPSA) is 296 Å². The highest BCUT2D eigenvalue weighted by Gasteiger charge is 2.48. The molecular weight excluding hydrogens is 1260 g/mol. The summed E-state index contributed by atoms with van der Waals surface area (Å²) in [5, 5.41) is 20.4. The molecule has 544 valence electrons. The molecule has 2 fully saturated rings. The number of carbonyl (C=O) groups excluding carboxylic acids is 9. The Morgan fingerprint density at radius 1 is 0.732 bits per heavy atom. The van der Waals surface area contributed by atoms with Gasteiger partial charge in [0, 0.05) is 95.9 Å². The van der Waals surface area contributed by atoms with Crippen molar-refractivity contribution < 1.29 is 75.7 Å². The number of methoxy groups -OCH3 is 2. The lowest BCUT2D eigenvalue weighted by Gasteiger charge is -2.41. The first kappa shape index (κ1) is 82.6. The quantitative estimate of drug-likeness (QED) is 0.0340. The highest BCUT2D eigenvalue weighted by atomic mass is 19.4. The molecule has 2 aliphatic rings. The van der Waals surface area contributed by atoms with Crippen LogP contribution in [0.25, 0.3) is 0 Å². The standard InChI is InChI=1S/C72H112F3N9O13/c1-15-46(8)65(82(12)69(92)54(43(2)3)40-58(87)64(45(6)7)81(10)11)59(96-13)41-62(89)84-34-20-25-55(84)66(97-14)47(9)56(85)38-52(36-48-22-17-16-18-23-48)67(90)78-42-49-27-29-53(30-28-49)79-68(91)50(24-19-32-77-71(76)95)37-57(86)63(44(4)5)80-61(88)26-21-33-83-35-31-51(70(93)94)39-60(83)72(73,74)75/h16-18,22-23,27-30,43-47,50-52,54-55,59-60,63-66H,15,19-21,24-26,31-42H2,1-14H3,(H,78,90)(H,79,91)(H,80,88)(H,93,94)(H3,76,77,95)/t46-,47-,50+,51?,52+,54-,55-,59+,60?,63-,64-,65-,66+/m0/s1. The minimum Gasteiger partial charge on any atom is -0.481 e. The lowest BCUT2D eigenvalue weighted by molar-refractivity contribution is -0.197. The molecule has 25 heteroatoms. The van der Waals surface area contributed by atoms with Crippen molar-refractivity contribution in [3.63, 3.8) is 0 Å². The Balaban J connectivity index is 1.43. The molecule has 0 aliphatic carbocycles. The predicted octanol–water partition coefficient (Wildman–Crippen LogP) is 8.47. The number of aliphatic carboxylic acids is 1. The molecule has 0 spiro atoms. The van der Waals surface area contributed by atoms with Crippen molar-refractivity contribution in [2.75, 3.05) is 66.9 Å². The van der Waals surface area contributed by atoms with E-state index in [9.17, 15) is 66.2 Å². The Bertz CT molecular complexity index is 2890. The number of urea groups is 1. The molecule has 2 aromatic carbocycles. The number of anilines is 1. The smallest absolute Gasteiger partial charge is 0.404 e. The van der Waals surface area contributed by atoms with Crippen LogP contribution < -0.4 is 27.0 Å². The number of carboxylic acids is 1. The second-order valence-corrected chi connectivity index (χ2v) is 28.1. The molecule has 2 unspecified atom stereocenters. The summed E-state index contributed by atoms with van der Waals surface area (Å²) < 4.78 is 54.0. The van der Waals surface area contributed by atoms with E-state index in [2.05, 4.69) is 21.3 Å². The van der Waals surface area contributed by atoms with Crippen LogP contribution in [0.2, 0.25) is 0 Å². The Morgan fingerprint density at radius 3 is 1.94 bits per heavy atom. The van der Waals surface area contributed by atoms with Gasteiger partial charge in [0.05, 0.1) is 48.7 Å². The maximum absolute atomic E-state index is 14.7. The van der Waals surface area contributed by atoms with Crippen LogP contribution in [0.1, 0.15) is 157 Å². The first-order chi connectivity index (χ1) is 45.6. The summed E-state index contributed by atoms with van der Waals surface area (Å²) in [4.78, 5) is 142. The number of amides is 7. The Kier molecular flexibility index (Phi) is 33.8. The fourth-order valence-electron chi connectivity index (χ4n) is 14.1. The number of hydrogen-bond acceptors (Lipinski definition) is 14. The van der Waals surface area contributed by atoms with E-state index in [1.165, 1.54) is 7.11 Å². The predicted molar refractivity (Wildman–Crippen MR) is 364 cm³/mol. The Hall–Kier alpha value is -6.83. The largest absolute Gasteiger partial charge is 0.481 e. The highest BCUT2D eigenvalue weighted by Crippen LogP contribution is 2.36. The third-order valence-electron chi connectivity index (χ3n) is 19.7. The number of carboxylic acid groups (broad SMARTS) is 1. The third-order valence-corrected chi connectivity index (χ3v) is 19.7. The molecule has 2 aromatic rings. The van der Waals surface area contributed by atoms with Crippen molar-refractivity contribution in [3.05, 3.63) is 65.7 Å². The van der Waals surface area contributed by atoms with Gasteiger partial charge < -0.3 is 51.4 Å². The number of primary amides is 1. The second-order valence-electron chi connectivity index (χ2n) is 28.1. The van der Waals surface area contributed by atoms with Gasteiger partial charge in [-0.1, -0.05) is 111 Å². The lowest BCUT2D eigenvalue weighted by atomic mass is 9.83. The van der Waals surface area contributed by atoms with Gasteiger partial charge in [-0.2, -0.15) is 13.2 Å². The minimum atomic E-state index is -4.66. The van der Waals surface area contributed by atoms with Gasteiger partial charge in [0.1, 0.15) is 11.8 Å². The number of likely N-dealkylation sites (N-methyl/N-ethyl adjacent to an activating group) is 2. The Morgan fingerprint density at radius 2 is 1.38 bits per heavy atom. The van der Waals surface area contributed by atoms with Crippen LogP contribution >= 0.6 is 0 Å². The van der Waals surface area contributed by atoms with Crippen LogP contribution in [-0.4, -0.2) is 194 Å². The summed E-state index contributed by atoms with van der Waals surface area (Å²) in [5.41, 5.74) is 7.14. The van der Waals surface area contributed by atoms with Gasteiger partial charge in [-0.25, -0.2) is 4.79 Å². The number of halogens is 3. The number of Topliss-reactive ketones (excluding diaryl/α,β-unsaturated/α-hetero) is 3. The zero-order valence-electron chi connectivity index (χ0n) is 59.7. The number of piperidine rings is 1. The summed E-state index contributed by atoms with van der Waals surface area (Å²) in [7, 11) is 8.54. The number of nitrogens with zero attached hydrogens (tertiary/aromatic N) is 4. The molecule has 7 amide bonds. The molecule has 97 heavy (non-hydrogen) atoms. The van der Waals surface area contributed by atoms with E-state index < -0.39 is 114 Å². The summed E-state index contributed by atoms with van der Waals surface area (Å²) >= 11 is 0. The zero-order chi connectivity index (χ0) is 72.6. The molecule has 0 aromatic heterocycles. The van der Waals surface area contributed by atoms with Crippen molar-refractivity contribution in [1.82, 2.24) is 35.6 Å². The normalized spacial score (nSPS) is 19.2. The fourth-order valence-corrected chi connectivity index (χ4v) is 14.1. The fraction of sp³-hybridized carbons (Fsp3) is 0.694. The van der Waals surface area contributed by atoms with Crippen molar-refractivity contribution in [1.29, 1.82) is 0 Å². The van der Waals surface area contributed by atoms with Crippen LogP contribution in [0.4, 0.5) is 23.7 Å². The molecule has 0 saturated carbocycles. The number of nitrogens with two attached hydrogens (primary N) is 1. The van der Waals surface area contributed by atoms with E-state index in [-0.39, 0.29) is 143 Å². The van der Waals surface area contributed by atoms with Crippen molar-refractivity contribution in [2.24, 2.45) is 59.0 Å². The van der Waals surface area contributed by atoms with E-state index in [1.807, 2.05) is 90.9 Å². The second kappa shape index (κ2) is 39.7. The van der Waals surface area contributed by atoms with Crippen LogP contribution in [0.3, 0.4) is 0 Å². The average molecular weight is 1370 g/mol. The molecule has 2 aliphatic heterocycles. The van der Waals surface area contributed by atoms with Gasteiger partial charge in [0.15, 0.2) is 11.6 Å². The highest BCUT2D eigenvalue weighted by molar-refractivity contribution is 5.97. The average Bonchev–Trinajstić information content (AvgIpc) is 1.61. The van der Waals surface area contributed by atoms with Gasteiger partial charge in [-0.05, 0) is 125 Å². The summed E-state index contributed by atoms with van der Waals surface area (Å²) in [6.45, 7) is 17.5. The SMILES string of the molecule is CC[C@H](C)[C@@H]([C@@H](CC(=O)N1CCC[C@H]1[C@H](OC)[C@@H](C)C(=O)C[C@@H](Cc1ccccc1)C(=O)NCc1ccc(NC(=O)[C@H](CCCNC(N)=O)CC(=O)[C@@H](NC(=O)CCCN2CCC(C(=O)O)CC2C(F)(F)F)C(C)C)cc1)OC)N(C)C(=O)[C@@H](CC(=O)[C@H](C(C)C)N(C)C)C(C)C. The number of nitrogens with one attached hydrogen (secondary N) is 4. The molecule has 4 rings (SSSR count). The van der Waals surface area contributed by atoms with Crippen molar-refractivity contribution >= 4 is 64.6 Å². The lowest BCUT2D eigenvalue weighted by Crippen LogP contribution is -2.54. The molecular formula is C72H112F3N9O13. The molecule has 2 saturated heterocycles. The van der Waals surface area contributed by atoms with Crippen LogP contribution in [-0.2, 0) is 65.6 Å². The summed E-state index contributed by atoms with van der Waals surface area (Å²) in [5.74, 6) is -8.60. The number of ketones is 3. The number of carbonyl (C=O) groups is 10. The molecule has 13 atom stereocenters. The van der Waals surface area contributed by atoms with Crippen molar-refractivity contribution in [3.8, 4) is 0 Å². The number of hydrogen-bond donors (Lipinski definition) is 6. The summed E-state index contributed by atoms with van der Waals surface area (Å²) in [6.07, 6.45) is -4.63. The maximum atomic E-state index is 14.7. The van der Waals surface area contributed by atoms with Gasteiger partial charge in [-0.3, -0.25) is 53.0 Å². The first-order valence-corrected chi connectivity index (χ1v) is 34.6.